The number of esters is 2. The van der Waals surface area contributed by atoms with Gasteiger partial charge in [0.25, 0.3) is 0 Å². The molecule has 0 amide bonds. The molecule has 0 aliphatic heterocycles. The first-order chi connectivity index (χ1) is 12.7. The molecule has 0 atom stereocenters. The van der Waals surface area contributed by atoms with Crippen LogP contribution in [0, 0.1) is 0 Å². The molecule has 0 N–H and O–H groups in total. The number of carbonyl (C=O) groups is 2. The number of fused-ring (bicyclic) bond motifs is 2. The molecule has 0 saturated heterocycles. The Labute approximate surface area is 156 Å². The molecule has 2 aliphatic rings. The predicted octanol–water partition coefficient (Wildman–Crippen LogP) is 4.58. The van der Waals surface area contributed by atoms with Crippen molar-refractivity contribution >= 4 is 11.9 Å². The molecule has 0 bridgehead atoms. The van der Waals surface area contributed by atoms with Crippen LogP contribution >= 0.6 is 0 Å². The van der Waals surface area contributed by atoms with Gasteiger partial charge in [-0.15, -0.1) is 0 Å². The molecule has 0 spiro atoms. The number of rotatable bonds is 2. The van der Waals surface area contributed by atoms with Crippen molar-refractivity contribution in [3.63, 3.8) is 0 Å². The standard InChI is InChI=1S/C22H30O4/c1-25-21(23)19-15-11-7-3-5-9-13-17(15)20(22(24)26-2)18-14-10-6-4-8-12-16(18)19/h3-14H2,1-2H3. The summed E-state index contributed by atoms with van der Waals surface area (Å²) in [7, 11) is 2.92. The summed E-state index contributed by atoms with van der Waals surface area (Å²) in [4.78, 5) is 25.5. The fraction of sp³-hybridized carbons (Fsp3) is 0.636. The third kappa shape index (κ3) is 3.65. The zero-order chi connectivity index (χ0) is 18.5. The van der Waals surface area contributed by atoms with E-state index >= 15 is 0 Å². The minimum atomic E-state index is -0.241. The summed E-state index contributed by atoms with van der Waals surface area (Å²) >= 11 is 0. The van der Waals surface area contributed by atoms with Crippen LogP contribution in [0.1, 0.15) is 94.3 Å². The van der Waals surface area contributed by atoms with Gasteiger partial charge in [0, 0.05) is 0 Å². The lowest BCUT2D eigenvalue weighted by molar-refractivity contribution is 0.0581. The van der Waals surface area contributed by atoms with E-state index < -0.39 is 0 Å². The predicted molar refractivity (Wildman–Crippen MR) is 101 cm³/mol. The summed E-state index contributed by atoms with van der Waals surface area (Å²) in [5.74, 6) is -0.481. The number of hydrogen-bond donors (Lipinski definition) is 0. The summed E-state index contributed by atoms with van der Waals surface area (Å²) in [5.41, 5.74) is 5.73. The molecule has 0 heterocycles. The fourth-order valence-electron chi connectivity index (χ4n) is 4.68. The van der Waals surface area contributed by atoms with Crippen LogP contribution in [0.3, 0.4) is 0 Å². The third-order valence-corrected chi connectivity index (χ3v) is 5.92. The maximum absolute atomic E-state index is 12.8. The van der Waals surface area contributed by atoms with Gasteiger partial charge in [-0.2, -0.15) is 0 Å². The van der Waals surface area contributed by atoms with E-state index in [9.17, 15) is 9.59 Å². The largest absolute Gasteiger partial charge is 0.465 e. The SMILES string of the molecule is COC(=O)c1c2c(c(C(=O)OC)c3c1CCCCCC3)CCCCCC2. The maximum Gasteiger partial charge on any atom is 0.338 e. The summed E-state index contributed by atoms with van der Waals surface area (Å²) < 4.78 is 10.4. The van der Waals surface area contributed by atoms with Crippen molar-refractivity contribution in [2.24, 2.45) is 0 Å². The van der Waals surface area contributed by atoms with Crippen molar-refractivity contribution in [3.8, 4) is 0 Å². The molecule has 0 radical (unpaired) electrons. The Morgan fingerprint density at radius 1 is 0.538 bits per heavy atom. The molecule has 0 fully saturated rings. The Kier molecular flexibility index (Phi) is 6.33. The van der Waals surface area contributed by atoms with Gasteiger partial charge in [0.1, 0.15) is 0 Å². The highest BCUT2D eigenvalue weighted by Gasteiger charge is 2.31. The lowest BCUT2D eigenvalue weighted by Gasteiger charge is -2.27. The van der Waals surface area contributed by atoms with Crippen LogP contribution in [0.2, 0.25) is 0 Å². The summed E-state index contributed by atoms with van der Waals surface area (Å²) in [5, 5.41) is 0. The quantitative estimate of drug-likeness (QED) is 0.726. The van der Waals surface area contributed by atoms with Crippen molar-refractivity contribution < 1.29 is 19.1 Å². The highest BCUT2D eigenvalue weighted by atomic mass is 16.5. The van der Waals surface area contributed by atoms with Crippen LogP contribution in [-0.2, 0) is 35.2 Å². The van der Waals surface area contributed by atoms with Crippen molar-refractivity contribution in [2.75, 3.05) is 14.2 Å². The number of hydrogen-bond acceptors (Lipinski definition) is 4. The van der Waals surface area contributed by atoms with E-state index in [4.69, 9.17) is 9.47 Å². The van der Waals surface area contributed by atoms with Crippen molar-refractivity contribution in [1.82, 2.24) is 0 Å². The van der Waals surface area contributed by atoms with E-state index in [2.05, 4.69) is 0 Å². The lowest BCUT2D eigenvalue weighted by atomic mass is 9.78. The Hall–Kier alpha value is -1.84. The molecule has 0 unspecified atom stereocenters. The monoisotopic (exact) mass is 358 g/mol. The average Bonchev–Trinajstić information content (AvgIpc) is 2.61. The molecule has 142 valence electrons. The third-order valence-electron chi connectivity index (χ3n) is 5.92. The fourth-order valence-corrected chi connectivity index (χ4v) is 4.68. The van der Waals surface area contributed by atoms with Crippen LogP contribution in [0.5, 0.6) is 0 Å². The summed E-state index contributed by atoms with van der Waals surface area (Å²) in [6, 6.07) is 0. The zero-order valence-corrected chi connectivity index (χ0v) is 16.1. The zero-order valence-electron chi connectivity index (χ0n) is 16.1. The first-order valence-electron chi connectivity index (χ1n) is 10.0. The molecular formula is C22H30O4. The molecule has 1 aromatic carbocycles. The molecule has 0 saturated carbocycles. The molecule has 0 aromatic heterocycles. The number of methoxy groups -OCH3 is 2. The van der Waals surface area contributed by atoms with E-state index in [1.165, 1.54) is 39.9 Å². The van der Waals surface area contributed by atoms with Gasteiger partial charge in [0.15, 0.2) is 0 Å². The minimum absolute atomic E-state index is 0.241. The molecular weight excluding hydrogens is 328 g/mol. The van der Waals surface area contributed by atoms with Crippen molar-refractivity contribution in [2.45, 2.75) is 77.0 Å². The molecule has 4 nitrogen and oxygen atoms in total. The number of ether oxygens (including phenoxy) is 2. The van der Waals surface area contributed by atoms with Gasteiger partial charge >= 0.3 is 11.9 Å². The van der Waals surface area contributed by atoms with Crippen LogP contribution < -0.4 is 0 Å². The number of carbonyl (C=O) groups excluding carboxylic acids is 2. The normalized spacial score (nSPS) is 17.6. The lowest BCUT2D eigenvalue weighted by Crippen LogP contribution is -2.22. The Bertz CT molecular complexity index is 590. The highest BCUT2D eigenvalue weighted by molar-refractivity contribution is 5.99. The second-order valence-corrected chi connectivity index (χ2v) is 7.48. The topological polar surface area (TPSA) is 52.6 Å². The molecule has 2 aliphatic carbocycles. The first kappa shape index (κ1) is 18.9. The molecule has 3 rings (SSSR count). The van der Waals surface area contributed by atoms with Crippen LogP contribution in [0.4, 0.5) is 0 Å². The van der Waals surface area contributed by atoms with Gasteiger partial charge in [-0.3, -0.25) is 0 Å². The summed E-state index contributed by atoms with van der Waals surface area (Å²) in [6.07, 6.45) is 12.3. The molecule has 26 heavy (non-hydrogen) atoms. The van der Waals surface area contributed by atoms with Crippen molar-refractivity contribution in [1.29, 1.82) is 0 Å². The number of benzene rings is 1. The smallest absolute Gasteiger partial charge is 0.338 e. The van der Waals surface area contributed by atoms with Crippen LogP contribution in [0.15, 0.2) is 0 Å². The van der Waals surface area contributed by atoms with E-state index in [0.717, 1.165) is 84.7 Å². The Morgan fingerprint density at radius 2 is 0.808 bits per heavy atom. The van der Waals surface area contributed by atoms with Gasteiger partial charge < -0.3 is 9.47 Å². The van der Waals surface area contributed by atoms with Gasteiger partial charge in [0.05, 0.1) is 25.3 Å². The second kappa shape index (κ2) is 8.70. The van der Waals surface area contributed by atoms with Gasteiger partial charge in [0.2, 0.25) is 0 Å². The maximum atomic E-state index is 12.8. The van der Waals surface area contributed by atoms with Gasteiger partial charge in [-0.25, -0.2) is 9.59 Å². The van der Waals surface area contributed by atoms with Crippen LogP contribution in [0.25, 0.3) is 0 Å². The minimum Gasteiger partial charge on any atom is -0.465 e. The van der Waals surface area contributed by atoms with Gasteiger partial charge in [-0.05, 0) is 73.6 Å². The highest BCUT2D eigenvalue weighted by Crippen LogP contribution is 2.36. The molecule has 1 aromatic rings. The van der Waals surface area contributed by atoms with Gasteiger partial charge in [-0.1, -0.05) is 25.7 Å². The van der Waals surface area contributed by atoms with E-state index in [1.54, 1.807) is 0 Å². The first-order valence-corrected chi connectivity index (χ1v) is 10.0. The Balaban J connectivity index is 2.32. The van der Waals surface area contributed by atoms with Crippen LogP contribution in [-0.4, -0.2) is 26.2 Å². The summed E-state index contributed by atoms with van der Waals surface area (Å²) in [6.45, 7) is 0. The van der Waals surface area contributed by atoms with E-state index in [1.807, 2.05) is 0 Å². The second-order valence-electron chi connectivity index (χ2n) is 7.48. The van der Waals surface area contributed by atoms with E-state index in [0.29, 0.717) is 0 Å². The average molecular weight is 358 g/mol. The molecule has 4 heteroatoms. The van der Waals surface area contributed by atoms with E-state index in [-0.39, 0.29) is 11.9 Å². The van der Waals surface area contributed by atoms with Crippen molar-refractivity contribution in [3.05, 3.63) is 33.4 Å². The Morgan fingerprint density at radius 3 is 1.04 bits per heavy atom.